The molecule has 3 aromatic rings. The number of nitrogen functional groups attached to an aromatic ring is 1. The molecule has 5 heteroatoms. The smallest absolute Gasteiger partial charge is 0.156 e. The summed E-state index contributed by atoms with van der Waals surface area (Å²) in [6.45, 7) is 0. The van der Waals surface area contributed by atoms with Crippen LogP contribution >= 0.6 is 23.8 Å². The molecule has 0 saturated heterocycles. The van der Waals surface area contributed by atoms with Gasteiger partial charge < -0.3 is 10.5 Å². The van der Waals surface area contributed by atoms with Gasteiger partial charge in [-0.1, -0.05) is 48.1 Å². The Morgan fingerprint density at radius 3 is 2.65 bits per heavy atom. The van der Waals surface area contributed by atoms with Gasteiger partial charge in [-0.05, 0) is 34.5 Å². The number of benzene rings is 3. The van der Waals surface area contributed by atoms with E-state index < -0.39 is 5.82 Å². The average molecular weight is 346 g/mol. The topological polar surface area (TPSA) is 35.2 Å². The fraction of sp³-hybridized carbons (Fsp3) is 0.0556. The van der Waals surface area contributed by atoms with E-state index in [0.717, 1.165) is 10.8 Å². The first kappa shape index (κ1) is 15.7. The van der Waals surface area contributed by atoms with Gasteiger partial charge in [-0.3, -0.25) is 0 Å². The second kappa shape index (κ2) is 6.14. The van der Waals surface area contributed by atoms with Crippen molar-refractivity contribution < 1.29 is 9.13 Å². The highest BCUT2D eigenvalue weighted by Crippen LogP contribution is 2.40. The summed E-state index contributed by atoms with van der Waals surface area (Å²) in [6.07, 6.45) is 0. The van der Waals surface area contributed by atoms with Crippen LogP contribution in [-0.2, 0) is 0 Å². The molecule has 116 valence electrons. The number of halogens is 2. The molecule has 0 aliphatic carbocycles. The molecule has 0 aromatic heterocycles. The number of hydrogen-bond donors (Lipinski definition) is 1. The molecule has 3 aromatic carbocycles. The van der Waals surface area contributed by atoms with Gasteiger partial charge in [-0.2, -0.15) is 0 Å². The molecule has 0 spiro atoms. The Morgan fingerprint density at radius 2 is 1.96 bits per heavy atom. The van der Waals surface area contributed by atoms with Crippen LogP contribution < -0.4 is 10.5 Å². The molecule has 0 radical (unpaired) electrons. The third-order valence-corrected chi connectivity index (χ3v) is 4.31. The Hall–Kier alpha value is -2.17. The molecular formula is C18H13ClFNOS. The van der Waals surface area contributed by atoms with Gasteiger partial charge in [0.25, 0.3) is 0 Å². The van der Waals surface area contributed by atoms with Crippen LogP contribution in [0.2, 0.25) is 5.02 Å². The Bertz CT molecular complexity index is 927. The first-order valence-electron chi connectivity index (χ1n) is 6.86. The summed E-state index contributed by atoms with van der Waals surface area (Å²) in [5.41, 5.74) is 7.12. The van der Waals surface area contributed by atoms with Gasteiger partial charge in [0.1, 0.15) is 5.75 Å². The van der Waals surface area contributed by atoms with Crippen molar-refractivity contribution in [3.8, 4) is 16.9 Å². The van der Waals surface area contributed by atoms with E-state index in [1.165, 1.54) is 5.37 Å². The third kappa shape index (κ3) is 2.64. The van der Waals surface area contributed by atoms with E-state index in [9.17, 15) is 4.39 Å². The quantitative estimate of drug-likeness (QED) is 0.521. The Morgan fingerprint density at radius 1 is 1.22 bits per heavy atom. The zero-order valence-electron chi connectivity index (χ0n) is 12.3. The molecule has 0 atom stereocenters. The molecule has 2 nitrogen and oxygen atoms in total. The van der Waals surface area contributed by atoms with E-state index >= 15 is 0 Å². The maximum atomic E-state index is 14.8. The van der Waals surface area contributed by atoms with Crippen LogP contribution in [0.3, 0.4) is 0 Å². The van der Waals surface area contributed by atoms with Gasteiger partial charge in [0.15, 0.2) is 5.82 Å². The number of ether oxygens (including phenoxy) is 1. The number of anilines is 1. The van der Waals surface area contributed by atoms with Crippen LogP contribution in [-0.4, -0.2) is 12.5 Å². The molecule has 0 fully saturated rings. The van der Waals surface area contributed by atoms with Crippen molar-refractivity contribution in [1.82, 2.24) is 0 Å². The predicted octanol–water partition coefficient (Wildman–Crippen LogP) is 5.24. The zero-order valence-corrected chi connectivity index (χ0v) is 13.8. The molecule has 0 bridgehead atoms. The lowest BCUT2D eigenvalue weighted by Gasteiger charge is -2.14. The van der Waals surface area contributed by atoms with E-state index in [2.05, 4.69) is 0 Å². The molecule has 0 saturated carbocycles. The monoisotopic (exact) mass is 345 g/mol. The van der Waals surface area contributed by atoms with Gasteiger partial charge in [0, 0.05) is 16.5 Å². The first-order chi connectivity index (χ1) is 11.1. The van der Waals surface area contributed by atoms with Crippen LogP contribution in [0.25, 0.3) is 21.9 Å². The lowest BCUT2D eigenvalue weighted by molar-refractivity contribution is 0.415. The van der Waals surface area contributed by atoms with Gasteiger partial charge in [0.2, 0.25) is 0 Å². The summed E-state index contributed by atoms with van der Waals surface area (Å²) in [7, 11) is 1.56. The van der Waals surface area contributed by atoms with E-state index in [-0.39, 0.29) is 16.3 Å². The van der Waals surface area contributed by atoms with Gasteiger partial charge in [-0.15, -0.1) is 0 Å². The summed E-state index contributed by atoms with van der Waals surface area (Å²) < 4.78 is 20.2. The molecule has 3 rings (SSSR count). The van der Waals surface area contributed by atoms with E-state index in [0.29, 0.717) is 16.9 Å². The molecule has 0 amide bonds. The van der Waals surface area contributed by atoms with Crippen LogP contribution in [0.15, 0.2) is 42.5 Å². The van der Waals surface area contributed by atoms with Crippen molar-refractivity contribution in [2.75, 3.05) is 12.8 Å². The van der Waals surface area contributed by atoms with Crippen molar-refractivity contribution in [3.05, 3.63) is 58.9 Å². The highest BCUT2D eigenvalue weighted by molar-refractivity contribution is 7.79. The maximum absolute atomic E-state index is 14.8. The molecule has 0 aliphatic heterocycles. The van der Waals surface area contributed by atoms with Crippen molar-refractivity contribution in [2.45, 2.75) is 0 Å². The van der Waals surface area contributed by atoms with Gasteiger partial charge in [-0.25, -0.2) is 4.39 Å². The van der Waals surface area contributed by atoms with Crippen molar-refractivity contribution in [1.29, 1.82) is 0 Å². The van der Waals surface area contributed by atoms with Crippen LogP contribution in [0.5, 0.6) is 5.75 Å². The normalized spacial score (nSPS) is 10.7. The summed E-state index contributed by atoms with van der Waals surface area (Å²) >= 11 is 11.2. The zero-order chi connectivity index (χ0) is 16.6. The number of thiocarbonyl (C=S) groups is 1. The molecule has 0 unspecified atom stereocenters. The van der Waals surface area contributed by atoms with E-state index in [1.54, 1.807) is 19.2 Å². The molecular weight excluding hydrogens is 333 g/mol. The summed E-state index contributed by atoms with van der Waals surface area (Å²) in [6, 6.07) is 12.9. The number of hydrogen-bond acceptors (Lipinski definition) is 3. The van der Waals surface area contributed by atoms with Crippen LogP contribution in [0.1, 0.15) is 5.56 Å². The SMILES string of the molecule is COc1cc(-c2c(Cl)cc(C=S)c(N)c2F)c2ccccc2c1. The van der Waals surface area contributed by atoms with Gasteiger partial charge >= 0.3 is 0 Å². The lowest BCUT2D eigenvalue weighted by Crippen LogP contribution is -2.00. The third-order valence-electron chi connectivity index (χ3n) is 3.76. The Labute approximate surface area is 143 Å². The lowest BCUT2D eigenvalue weighted by atomic mass is 9.95. The summed E-state index contributed by atoms with van der Waals surface area (Å²) in [5, 5.41) is 3.36. The molecule has 0 heterocycles. The largest absolute Gasteiger partial charge is 0.497 e. The van der Waals surface area contributed by atoms with E-state index in [1.807, 2.05) is 30.3 Å². The minimum atomic E-state index is -0.577. The van der Waals surface area contributed by atoms with Gasteiger partial charge in [0.05, 0.1) is 17.8 Å². The first-order valence-corrected chi connectivity index (χ1v) is 7.71. The predicted molar refractivity (Wildman–Crippen MR) is 98.1 cm³/mol. The fourth-order valence-corrected chi connectivity index (χ4v) is 3.10. The van der Waals surface area contributed by atoms with Crippen molar-refractivity contribution in [3.63, 3.8) is 0 Å². The second-order valence-electron chi connectivity index (χ2n) is 5.06. The molecule has 0 aliphatic rings. The Balaban J connectivity index is 2.41. The maximum Gasteiger partial charge on any atom is 0.156 e. The number of nitrogens with two attached hydrogens (primary N) is 1. The molecule has 2 N–H and O–H groups in total. The molecule has 23 heavy (non-hydrogen) atoms. The van der Waals surface area contributed by atoms with Crippen LogP contribution in [0.4, 0.5) is 10.1 Å². The summed E-state index contributed by atoms with van der Waals surface area (Å²) in [5.74, 6) is 0.0404. The number of methoxy groups -OCH3 is 1. The fourth-order valence-electron chi connectivity index (χ4n) is 2.60. The highest BCUT2D eigenvalue weighted by Gasteiger charge is 2.19. The summed E-state index contributed by atoms with van der Waals surface area (Å²) in [4.78, 5) is 0. The minimum Gasteiger partial charge on any atom is -0.497 e. The van der Waals surface area contributed by atoms with Crippen molar-refractivity contribution >= 4 is 45.6 Å². The second-order valence-corrected chi connectivity index (χ2v) is 5.71. The highest BCUT2D eigenvalue weighted by atomic mass is 35.5. The minimum absolute atomic E-state index is 0.00805. The average Bonchev–Trinajstić information content (AvgIpc) is 2.57. The standard InChI is InChI=1S/C18H13ClFNOS/c1-22-12-6-10-4-2-3-5-13(10)14(8-12)16-15(19)7-11(9-23)18(21)17(16)20/h2-9H,21H2,1H3. The van der Waals surface area contributed by atoms with E-state index in [4.69, 9.17) is 34.3 Å². The number of fused-ring (bicyclic) bond motifs is 1. The van der Waals surface area contributed by atoms with Crippen molar-refractivity contribution in [2.24, 2.45) is 0 Å². The number of rotatable bonds is 3. The van der Waals surface area contributed by atoms with Crippen LogP contribution in [0, 0.1) is 5.82 Å². The Kier molecular flexibility index (Phi) is 4.20.